The number of amides is 1. The third-order valence-corrected chi connectivity index (χ3v) is 7.78. The summed E-state index contributed by atoms with van der Waals surface area (Å²) in [4.78, 5) is 34.5. The van der Waals surface area contributed by atoms with Crippen LogP contribution in [-0.4, -0.2) is 25.7 Å². The molecule has 4 aromatic rings. The van der Waals surface area contributed by atoms with E-state index in [1.54, 1.807) is 11.3 Å². The first-order valence-electron chi connectivity index (χ1n) is 12.6. The van der Waals surface area contributed by atoms with Crippen molar-refractivity contribution in [3.63, 3.8) is 0 Å². The van der Waals surface area contributed by atoms with Gasteiger partial charge in [-0.05, 0) is 36.3 Å². The fourth-order valence-corrected chi connectivity index (χ4v) is 5.58. The highest BCUT2D eigenvalue weighted by molar-refractivity contribution is 7.13. The second-order valence-corrected chi connectivity index (χ2v) is 10.5. The number of rotatable bonds is 8. The lowest BCUT2D eigenvalue weighted by molar-refractivity contribution is -0.116. The van der Waals surface area contributed by atoms with Crippen LogP contribution >= 0.6 is 11.3 Å². The van der Waals surface area contributed by atoms with Crippen LogP contribution in [0.15, 0.2) is 58.7 Å². The van der Waals surface area contributed by atoms with Gasteiger partial charge in [0, 0.05) is 24.5 Å². The lowest BCUT2D eigenvalue weighted by Gasteiger charge is -2.21. The fraction of sp³-hybridized carbons (Fsp3) is 0.357. The molecule has 1 amide bonds. The van der Waals surface area contributed by atoms with E-state index in [2.05, 4.69) is 15.3 Å². The van der Waals surface area contributed by atoms with Crippen LogP contribution in [0.4, 0.5) is 5.82 Å². The summed E-state index contributed by atoms with van der Waals surface area (Å²) in [5, 5.41) is 9.72. The minimum absolute atomic E-state index is 0.0424. The molecule has 7 nitrogen and oxygen atoms in total. The first-order valence-corrected chi connectivity index (χ1v) is 13.5. The number of H-pyrrole nitrogens is 1. The molecule has 0 atom stereocenters. The predicted molar refractivity (Wildman–Crippen MR) is 144 cm³/mol. The number of carbonyl (C=O) groups is 1. The minimum atomic E-state index is -0.205. The molecular weight excluding hydrogens is 470 g/mol. The van der Waals surface area contributed by atoms with Crippen molar-refractivity contribution >= 4 is 23.1 Å². The number of hydrogen-bond acceptors (Lipinski definition) is 5. The van der Waals surface area contributed by atoms with Crippen molar-refractivity contribution in [2.75, 3.05) is 5.32 Å². The van der Waals surface area contributed by atoms with Gasteiger partial charge in [-0.2, -0.15) is 9.78 Å². The molecule has 0 bridgehead atoms. The summed E-state index contributed by atoms with van der Waals surface area (Å²) < 4.78 is 1.54. The average Bonchev–Trinajstić information content (AvgIpc) is 3.57. The second-order valence-electron chi connectivity index (χ2n) is 9.51. The average molecular weight is 502 g/mol. The summed E-state index contributed by atoms with van der Waals surface area (Å²) in [7, 11) is 0. The van der Waals surface area contributed by atoms with Gasteiger partial charge in [-0.15, -0.1) is 11.3 Å². The molecule has 5 rings (SSSR count). The maximum Gasteiger partial charge on any atom is 0.256 e. The summed E-state index contributed by atoms with van der Waals surface area (Å²) in [6.45, 7) is 1.84. The maximum atomic E-state index is 13.1. The SMILES string of the molecule is Cc1nc(-n2nc(-c3cccs3)cc2NC(=O)CCC2CCCCC2)[nH]c(=O)c1Cc1ccccc1. The molecule has 1 saturated carbocycles. The molecule has 3 aromatic heterocycles. The van der Waals surface area contributed by atoms with Crippen molar-refractivity contribution in [1.82, 2.24) is 19.7 Å². The Bertz CT molecular complexity index is 1370. The molecule has 0 radical (unpaired) electrons. The molecule has 0 unspecified atom stereocenters. The van der Waals surface area contributed by atoms with Gasteiger partial charge >= 0.3 is 0 Å². The van der Waals surface area contributed by atoms with Crippen molar-refractivity contribution < 1.29 is 4.79 Å². The van der Waals surface area contributed by atoms with Gasteiger partial charge in [0.25, 0.3) is 5.56 Å². The van der Waals surface area contributed by atoms with E-state index < -0.39 is 0 Å². The number of anilines is 1. The Kier molecular flexibility index (Phi) is 7.41. The Hall–Kier alpha value is -3.52. The van der Waals surface area contributed by atoms with Gasteiger partial charge in [-0.1, -0.05) is 68.5 Å². The first-order chi connectivity index (χ1) is 17.6. The molecule has 2 N–H and O–H groups in total. The topological polar surface area (TPSA) is 92.7 Å². The van der Waals surface area contributed by atoms with Gasteiger partial charge in [-0.25, -0.2) is 4.98 Å². The number of benzene rings is 1. The first kappa shape index (κ1) is 24.2. The Morgan fingerprint density at radius 3 is 2.67 bits per heavy atom. The zero-order valence-corrected chi connectivity index (χ0v) is 21.3. The Balaban J connectivity index is 1.41. The summed E-state index contributed by atoms with van der Waals surface area (Å²) in [5.74, 6) is 1.39. The smallest absolute Gasteiger partial charge is 0.256 e. The Labute approximate surface area is 214 Å². The van der Waals surface area contributed by atoms with Crippen LogP contribution in [0.25, 0.3) is 16.5 Å². The van der Waals surface area contributed by atoms with Crippen LogP contribution in [0.2, 0.25) is 0 Å². The highest BCUT2D eigenvalue weighted by Gasteiger charge is 2.19. The summed E-state index contributed by atoms with van der Waals surface area (Å²) in [6, 6.07) is 15.6. The van der Waals surface area contributed by atoms with E-state index in [1.165, 1.54) is 36.8 Å². The van der Waals surface area contributed by atoms with Gasteiger partial charge in [-0.3, -0.25) is 14.6 Å². The van der Waals surface area contributed by atoms with Crippen molar-refractivity contribution in [1.29, 1.82) is 0 Å². The third-order valence-electron chi connectivity index (χ3n) is 6.89. The van der Waals surface area contributed by atoms with Crippen molar-refractivity contribution in [3.8, 4) is 16.5 Å². The van der Waals surface area contributed by atoms with Crippen LogP contribution in [-0.2, 0) is 11.2 Å². The monoisotopic (exact) mass is 501 g/mol. The highest BCUT2D eigenvalue weighted by Crippen LogP contribution is 2.29. The number of aromatic nitrogens is 4. The van der Waals surface area contributed by atoms with Gasteiger partial charge < -0.3 is 5.32 Å². The number of nitrogens with zero attached hydrogens (tertiary/aromatic N) is 3. The van der Waals surface area contributed by atoms with E-state index in [0.29, 0.717) is 41.8 Å². The molecule has 0 aliphatic heterocycles. The standard InChI is InChI=1S/C28H31N5O2S/c1-19-22(17-21-11-6-3-7-12-21)27(35)31-28(29-19)33-25(18-23(32-33)24-13-8-16-36-24)30-26(34)15-14-20-9-4-2-5-10-20/h3,6-8,11-13,16,18,20H,2,4-5,9-10,14-15,17H2,1H3,(H,30,34)(H,29,31,35). The molecule has 1 fully saturated rings. The molecule has 36 heavy (non-hydrogen) atoms. The lowest BCUT2D eigenvalue weighted by Crippen LogP contribution is -2.22. The van der Waals surface area contributed by atoms with Gasteiger partial charge in [0.05, 0.1) is 10.6 Å². The predicted octanol–water partition coefficient (Wildman–Crippen LogP) is 5.88. The molecule has 8 heteroatoms. The number of aromatic amines is 1. The van der Waals surface area contributed by atoms with E-state index in [-0.39, 0.29) is 11.5 Å². The van der Waals surface area contributed by atoms with Gasteiger partial charge in [0.15, 0.2) is 0 Å². The number of hydrogen-bond donors (Lipinski definition) is 2. The highest BCUT2D eigenvalue weighted by atomic mass is 32.1. The minimum Gasteiger partial charge on any atom is -0.310 e. The molecule has 3 heterocycles. The molecule has 0 spiro atoms. The van der Waals surface area contributed by atoms with Crippen LogP contribution in [0.5, 0.6) is 0 Å². The van der Waals surface area contributed by atoms with E-state index in [1.807, 2.05) is 60.8 Å². The number of carbonyl (C=O) groups excluding carboxylic acids is 1. The van der Waals surface area contributed by atoms with E-state index in [4.69, 9.17) is 5.10 Å². The quantitative estimate of drug-likeness (QED) is 0.315. The second kappa shape index (κ2) is 11.0. The normalized spacial score (nSPS) is 14.1. The largest absolute Gasteiger partial charge is 0.310 e. The number of aryl methyl sites for hydroxylation is 1. The molecule has 1 aliphatic carbocycles. The van der Waals surface area contributed by atoms with Crippen LogP contribution in [0.1, 0.15) is 61.8 Å². The van der Waals surface area contributed by atoms with Gasteiger partial charge in [0.2, 0.25) is 11.9 Å². The number of nitrogens with one attached hydrogen (secondary N) is 2. The molecule has 1 aliphatic rings. The lowest BCUT2D eigenvalue weighted by atomic mass is 9.86. The zero-order valence-electron chi connectivity index (χ0n) is 20.5. The summed E-state index contributed by atoms with van der Waals surface area (Å²) in [5.41, 5.74) is 2.82. The van der Waals surface area contributed by atoms with Crippen molar-refractivity contribution in [3.05, 3.63) is 81.1 Å². The van der Waals surface area contributed by atoms with Crippen molar-refractivity contribution in [2.45, 2.75) is 58.3 Å². The Morgan fingerprint density at radius 1 is 1.14 bits per heavy atom. The summed E-state index contributed by atoms with van der Waals surface area (Å²) in [6.07, 6.45) is 8.15. The maximum absolute atomic E-state index is 13.1. The molecule has 0 saturated heterocycles. The van der Waals surface area contributed by atoms with Crippen LogP contribution in [0.3, 0.4) is 0 Å². The van der Waals surface area contributed by atoms with E-state index in [9.17, 15) is 9.59 Å². The van der Waals surface area contributed by atoms with E-state index >= 15 is 0 Å². The van der Waals surface area contributed by atoms with E-state index in [0.717, 1.165) is 22.6 Å². The van der Waals surface area contributed by atoms with Crippen LogP contribution < -0.4 is 10.9 Å². The number of thiophene rings is 1. The summed E-state index contributed by atoms with van der Waals surface area (Å²) >= 11 is 1.57. The molecule has 1 aromatic carbocycles. The van der Waals surface area contributed by atoms with Gasteiger partial charge in [0.1, 0.15) is 11.5 Å². The molecule has 186 valence electrons. The zero-order chi connectivity index (χ0) is 24.9. The fourth-order valence-electron chi connectivity index (χ4n) is 4.90. The van der Waals surface area contributed by atoms with Crippen molar-refractivity contribution in [2.24, 2.45) is 5.92 Å². The third kappa shape index (κ3) is 5.65. The Morgan fingerprint density at radius 2 is 1.94 bits per heavy atom. The molecular formula is C28H31N5O2S. The van der Waals surface area contributed by atoms with Crippen LogP contribution in [0, 0.1) is 12.8 Å².